The van der Waals surface area contributed by atoms with Crippen molar-refractivity contribution < 1.29 is 49.2 Å². The Hall–Kier alpha value is -4.16. The number of nitrogens with zero attached hydrogens (tertiary/aromatic N) is 4. The number of imidazole rings is 2. The summed E-state index contributed by atoms with van der Waals surface area (Å²) in [6, 6.07) is 18.0. The van der Waals surface area contributed by atoms with E-state index in [2.05, 4.69) is 37.1 Å². The van der Waals surface area contributed by atoms with Gasteiger partial charge in [-0.3, -0.25) is 9.59 Å². The molecule has 8 aromatic rings. The van der Waals surface area contributed by atoms with Crippen molar-refractivity contribution in [1.29, 1.82) is 0 Å². The smallest absolute Gasteiger partial charge is 0.258 e. The molecular formula is C43H41AcCl4N9O3. The van der Waals surface area contributed by atoms with E-state index in [9.17, 15) is 14.7 Å². The Morgan fingerprint density at radius 1 is 0.767 bits per heavy atom. The van der Waals surface area contributed by atoms with Crippen LogP contribution in [-0.4, -0.2) is 40.7 Å². The molecule has 307 valence electrons. The number of aromatic nitrogens is 6. The van der Waals surface area contributed by atoms with Crippen LogP contribution in [0, 0.1) is 57.9 Å². The Labute approximate surface area is 401 Å². The second-order valence-corrected chi connectivity index (χ2v) is 15.1. The first-order valence-electron chi connectivity index (χ1n) is 17.9. The fraction of sp³-hybridized carbons (Fsp3) is 0.163. The third-order valence-electron chi connectivity index (χ3n) is 9.98. The van der Waals surface area contributed by atoms with Crippen molar-refractivity contribution in [1.82, 2.24) is 29.1 Å². The van der Waals surface area contributed by atoms with Crippen LogP contribution in [0.2, 0.25) is 20.1 Å². The monoisotopic (exact) mass is 1100 g/mol. The molecule has 1 atom stereocenters. The SMILES string of the molecule is C.C=CC(O)c1[nH]c(=O)c2c(ccc3nc(Nc4c(Cl)cccc4Cl)n(C)c32)c1C.Cc1c(/C=C/CN)[nH]c(=O)c2c1ccc1nc(Nc3c(Cl)cccc3Cl)n(C)c12.[Ac]. The molecule has 1 radical (unpaired) electrons. The molecule has 4 heterocycles. The van der Waals surface area contributed by atoms with Gasteiger partial charge in [0.05, 0.1) is 70.0 Å². The van der Waals surface area contributed by atoms with Gasteiger partial charge in [0, 0.05) is 70.4 Å². The Kier molecular flexibility index (Phi) is 15.1. The number of rotatable bonds is 8. The van der Waals surface area contributed by atoms with Gasteiger partial charge in [0.1, 0.15) is 6.10 Å². The van der Waals surface area contributed by atoms with Crippen molar-refractivity contribution >= 4 is 119 Å². The van der Waals surface area contributed by atoms with Crippen molar-refractivity contribution in [2.45, 2.75) is 27.4 Å². The molecule has 1 unspecified atom stereocenters. The van der Waals surface area contributed by atoms with Crippen LogP contribution < -0.4 is 27.5 Å². The minimum Gasteiger partial charge on any atom is -0.383 e. The van der Waals surface area contributed by atoms with E-state index >= 15 is 0 Å². The summed E-state index contributed by atoms with van der Waals surface area (Å²) in [7, 11) is 3.65. The molecule has 0 bridgehead atoms. The van der Waals surface area contributed by atoms with Crippen LogP contribution in [0.4, 0.5) is 23.3 Å². The van der Waals surface area contributed by atoms with Crippen LogP contribution in [0.3, 0.4) is 0 Å². The number of aliphatic hydroxyl groups is 1. The number of nitrogens with two attached hydrogens (primary N) is 1. The van der Waals surface area contributed by atoms with Gasteiger partial charge >= 0.3 is 0 Å². The molecule has 0 spiro atoms. The van der Waals surface area contributed by atoms with Crippen LogP contribution in [0.15, 0.2) is 89.0 Å². The Morgan fingerprint density at radius 3 is 1.63 bits per heavy atom. The van der Waals surface area contributed by atoms with E-state index in [1.165, 1.54) is 6.08 Å². The number of halogens is 4. The molecule has 17 heteroatoms. The summed E-state index contributed by atoms with van der Waals surface area (Å²) in [4.78, 5) is 40.8. The number of H-pyrrole nitrogens is 2. The zero-order valence-electron chi connectivity index (χ0n) is 32.2. The van der Waals surface area contributed by atoms with Crippen LogP contribution >= 0.6 is 46.4 Å². The average Bonchev–Trinajstić information content (AvgIpc) is 3.70. The number of para-hydroxylation sites is 2. The molecule has 0 aliphatic heterocycles. The maximum Gasteiger partial charge on any atom is 0.258 e. The third kappa shape index (κ3) is 8.65. The molecule has 12 nitrogen and oxygen atoms in total. The first-order chi connectivity index (χ1) is 27.7. The molecule has 4 aromatic heterocycles. The summed E-state index contributed by atoms with van der Waals surface area (Å²) >= 11 is 25.1. The number of benzene rings is 4. The predicted molar refractivity (Wildman–Crippen MR) is 247 cm³/mol. The molecule has 7 N–H and O–H groups in total. The zero-order chi connectivity index (χ0) is 41.6. The summed E-state index contributed by atoms with van der Waals surface area (Å²) in [5.41, 5.74) is 11.8. The summed E-state index contributed by atoms with van der Waals surface area (Å²) in [5, 5.41) is 21.1. The fourth-order valence-electron chi connectivity index (χ4n) is 6.99. The predicted octanol–water partition coefficient (Wildman–Crippen LogP) is 10.4. The molecule has 0 saturated carbocycles. The van der Waals surface area contributed by atoms with Crippen LogP contribution in [0.1, 0.15) is 36.0 Å². The average molecular weight is 1100 g/mol. The molecule has 0 aliphatic carbocycles. The van der Waals surface area contributed by atoms with Gasteiger partial charge in [0.2, 0.25) is 11.9 Å². The van der Waals surface area contributed by atoms with Gasteiger partial charge in [-0.25, -0.2) is 9.97 Å². The number of fused-ring (bicyclic) bond motifs is 6. The van der Waals surface area contributed by atoms with E-state index < -0.39 is 6.10 Å². The minimum atomic E-state index is -0.950. The molecule has 0 saturated heterocycles. The number of aryl methyl sites for hydroxylation is 4. The van der Waals surface area contributed by atoms with E-state index in [4.69, 9.17) is 52.1 Å². The molecule has 0 amide bonds. The van der Waals surface area contributed by atoms with E-state index in [1.54, 1.807) is 41.0 Å². The van der Waals surface area contributed by atoms with Gasteiger partial charge in [0.25, 0.3) is 11.1 Å². The molecule has 4 aromatic carbocycles. The number of aliphatic hydroxyl groups excluding tert-OH is 1. The quantitative estimate of drug-likeness (QED) is 0.0817. The van der Waals surface area contributed by atoms with E-state index in [-0.39, 0.29) is 62.6 Å². The van der Waals surface area contributed by atoms with Gasteiger partial charge in [-0.1, -0.05) is 90.2 Å². The first kappa shape index (κ1) is 46.9. The number of aromatic amines is 2. The van der Waals surface area contributed by atoms with Crippen LogP contribution in [0.5, 0.6) is 0 Å². The number of hydrogen-bond donors (Lipinski definition) is 6. The van der Waals surface area contributed by atoms with Gasteiger partial charge in [-0.05, 0) is 78.2 Å². The van der Waals surface area contributed by atoms with Crippen LogP contribution in [-0.2, 0) is 14.1 Å². The normalized spacial score (nSPS) is 11.7. The number of anilines is 4. The Morgan fingerprint density at radius 2 is 1.20 bits per heavy atom. The van der Waals surface area contributed by atoms with E-state index in [0.29, 0.717) is 82.9 Å². The van der Waals surface area contributed by atoms with Crippen molar-refractivity contribution in [2.75, 3.05) is 17.2 Å². The Balaban J connectivity index is 0.000000220. The van der Waals surface area contributed by atoms with Gasteiger partial charge in [0.15, 0.2) is 0 Å². The second kappa shape index (κ2) is 19.3. The van der Waals surface area contributed by atoms with Crippen molar-refractivity contribution in [2.24, 2.45) is 19.8 Å². The summed E-state index contributed by atoms with van der Waals surface area (Å²) in [6.45, 7) is 7.82. The standard InChI is InChI=1S/C21H19Cl2N5O.C21H18Cl2N4O2.CH4.Ac/c1-11-12-8-9-16-19(17(12)20(29)25-15(11)7-4-10-24)28(2)21(26-16)27-18-13(22)5-3-6-14(18)23;1-4-15(28)17-10(2)11-8-9-14-19(16(11)20(29)25-17)27(3)21(24-14)26-18-12(22)6-5-7-13(18)23;;/h3-9H,10,24H2,1-2H3,(H,25,29)(H,26,27);4-9,15,28H,1H2,2-3H3,(H,24,26)(H,25,29);1H4;/b7-4+;;;. The zero-order valence-corrected chi connectivity index (χ0v) is 40.0. The Bertz CT molecular complexity index is 3060. The van der Waals surface area contributed by atoms with Gasteiger partial charge in [-0.15, -0.1) is 6.58 Å². The molecule has 60 heavy (non-hydrogen) atoms. The maximum absolute atomic E-state index is 12.9. The van der Waals surface area contributed by atoms with E-state index in [1.807, 2.05) is 68.9 Å². The second-order valence-electron chi connectivity index (χ2n) is 13.4. The summed E-state index contributed by atoms with van der Waals surface area (Å²) in [6.07, 6.45) is 4.06. The van der Waals surface area contributed by atoms with Gasteiger partial charge in [-0.2, -0.15) is 0 Å². The first-order valence-corrected chi connectivity index (χ1v) is 19.4. The molecule has 8 rings (SSSR count). The van der Waals surface area contributed by atoms with Crippen molar-refractivity contribution in [3.63, 3.8) is 0 Å². The van der Waals surface area contributed by atoms with Crippen molar-refractivity contribution in [3.05, 3.63) is 143 Å². The number of nitrogens with one attached hydrogen (secondary N) is 4. The minimum absolute atomic E-state index is 0. The molecule has 0 aliphatic rings. The maximum atomic E-state index is 12.9. The molecular weight excluding hydrogens is 1060 g/mol. The van der Waals surface area contributed by atoms with Crippen molar-refractivity contribution in [3.8, 4) is 0 Å². The van der Waals surface area contributed by atoms with Gasteiger partial charge < -0.3 is 40.6 Å². The topological polar surface area (TPSA) is 172 Å². The van der Waals surface area contributed by atoms with E-state index in [0.717, 1.165) is 33.1 Å². The summed E-state index contributed by atoms with van der Waals surface area (Å²) < 4.78 is 3.62. The van der Waals surface area contributed by atoms with Crippen LogP contribution in [0.25, 0.3) is 49.7 Å². The molecule has 0 fully saturated rings. The largest absolute Gasteiger partial charge is 0.383 e. The third-order valence-corrected chi connectivity index (χ3v) is 11.2. The number of pyridine rings is 2. The summed E-state index contributed by atoms with van der Waals surface area (Å²) in [5.74, 6) is 1.03. The number of hydrogen-bond acceptors (Lipinski definition) is 8. The fourth-order valence-corrected chi connectivity index (χ4v) is 7.97.